The van der Waals surface area contributed by atoms with Gasteiger partial charge in [-0.05, 0) is 37.0 Å². The molecule has 1 saturated heterocycles. The summed E-state index contributed by atoms with van der Waals surface area (Å²) in [4.78, 5) is 0. The van der Waals surface area contributed by atoms with Gasteiger partial charge in [0.2, 0.25) is 0 Å². The average Bonchev–Trinajstić information content (AvgIpc) is 2.39. The van der Waals surface area contributed by atoms with Crippen LogP contribution in [0.3, 0.4) is 0 Å². The molecule has 0 amide bonds. The molecule has 3 atom stereocenters. The summed E-state index contributed by atoms with van der Waals surface area (Å²) in [6.07, 6.45) is 4.96. The third-order valence-corrected chi connectivity index (χ3v) is 3.73. The van der Waals surface area contributed by atoms with Gasteiger partial charge in [-0.15, -0.1) is 0 Å². The number of halogens is 1. The van der Waals surface area contributed by atoms with Crippen molar-refractivity contribution in [2.45, 2.75) is 57.2 Å². The van der Waals surface area contributed by atoms with Crippen LogP contribution in [0.1, 0.15) is 50.7 Å². The van der Waals surface area contributed by atoms with Crippen molar-refractivity contribution in [3.05, 3.63) is 35.6 Å². The van der Waals surface area contributed by atoms with E-state index in [-0.39, 0.29) is 11.9 Å². The minimum Gasteiger partial charge on any atom is -0.387 e. The van der Waals surface area contributed by atoms with Crippen LogP contribution in [0, 0.1) is 5.82 Å². The molecule has 1 aromatic carbocycles. The van der Waals surface area contributed by atoms with Crippen LogP contribution in [0.4, 0.5) is 4.39 Å². The van der Waals surface area contributed by atoms with E-state index in [1.807, 2.05) is 0 Å². The smallest absolute Gasteiger partial charge is 0.123 e. The van der Waals surface area contributed by atoms with Crippen LogP contribution in [0.2, 0.25) is 0 Å². The Morgan fingerprint density at radius 2 is 2.28 bits per heavy atom. The Hall–Kier alpha value is -0.930. The molecule has 0 bridgehead atoms. The third kappa shape index (κ3) is 3.30. The predicted octanol–water partition coefficient (Wildman–Crippen LogP) is 3.17. The second-order valence-corrected chi connectivity index (χ2v) is 5.19. The first-order valence-corrected chi connectivity index (χ1v) is 6.90. The highest BCUT2D eigenvalue weighted by atomic mass is 19.1. The van der Waals surface area contributed by atoms with Crippen molar-refractivity contribution in [1.82, 2.24) is 5.32 Å². The molecule has 2 N–H and O–H groups in total. The highest BCUT2D eigenvalue weighted by Gasteiger charge is 2.27. The summed E-state index contributed by atoms with van der Waals surface area (Å²) in [6, 6.07) is 6.83. The lowest BCUT2D eigenvalue weighted by atomic mass is 9.90. The van der Waals surface area contributed by atoms with Crippen molar-refractivity contribution in [2.75, 3.05) is 0 Å². The van der Waals surface area contributed by atoms with Gasteiger partial charge in [-0.3, -0.25) is 0 Å². The molecular weight excluding hydrogens is 229 g/mol. The fourth-order valence-electron chi connectivity index (χ4n) is 2.80. The van der Waals surface area contributed by atoms with Gasteiger partial charge in [-0.25, -0.2) is 4.39 Å². The van der Waals surface area contributed by atoms with E-state index >= 15 is 0 Å². The molecule has 0 radical (unpaired) electrons. The maximum absolute atomic E-state index is 13.2. The molecule has 0 aliphatic carbocycles. The number of hydrogen-bond donors (Lipinski definition) is 2. The number of aliphatic hydroxyl groups excluding tert-OH is 1. The Bertz CT molecular complexity index is 381. The molecule has 18 heavy (non-hydrogen) atoms. The molecule has 0 spiro atoms. The van der Waals surface area contributed by atoms with Gasteiger partial charge in [0, 0.05) is 12.1 Å². The van der Waals surface area contributed by atoms with E-state index in [0.29, 0.717) is 11.6 Å². The van der Waals surface area contributed by atoms with Crippen molar-refractivity contribution >= 4 is 0 Å². The summed E-state index contributed by atoms with van der Waals surface area (Å²) in [6.45, 7) is 2.17. The van der Waals surface area contributed by atoms with Crippen molar-refractivity contribution in [3.8, 4) is 0 Å². The Morgan fingerprint density at radius 3 is 3.00 bits per heavy atom. The molecule has 0 saturated carbocycles. The van der Waals surface area contributed by atoms with Crippen LogP contribution in [0.5, 0.6) is 0 Å². The van der Waals surface area contributed by atoms with Crippen LogP contribution < -0.4 is 5.32 Å². The highest BCUT2D eigenvalue weighted by molar-refractivity contribution is 5.20. The minimum atomic E-state index is -0.611. The lowest BCUT2D eigenvalue weighted by molar-refractivity contribution is 0.0995. The first-order valence-electron chi connectivity index (χ1n) is 6.90. The predicted molar refractivity (Wildman–Crippen MR) is 70.8 cm³/mol. The summed E-state index contributed by atoms with van der Waals surface area (Å²) in [7, 11) is 0. The molecule has 2 nitrogen and oxygen atoms in total. The second-order valence-electron chi connectivity index (χ2n) is 5.19. The lowest BCUT2D eigenvalue weighted by Gasteiger charge is -2.34. The molecule has 0 aromatic heterocycles. The van der Waals surface area contributed by atoms with Crippen molar-refractivity contribution in [3.63, 3.8) is 0 Å². The molecule has 1 aliphatic rings. The van der Waals surface area contributed by atoms with E-state index in [0.717, 1.165) is 25.7 Å². The van der Waals surface area contributed by atoms with E-state index in [9.17, 15) is 9.50 Å². The normalized spacial score (nSPS) is 25.9. The monoisotopic (exact) mass is 251 g/mol. The average molecular weight is 251 g/mol. The van der Waals surface area contributed by atoms with Crippen molar-refractivity contribution in [1.29, 1.82) is 0 Å². The van der Waals surface area contributed by atoms with Gasteiger partial charge < -0.3 is 10.4 Å². The Morgan fingerprint density at radius 1 is 1.44 bits per heavy atom. The fraction of sp³-hybridized carbons (Fsp3) is 0.600. The van der Waals surface area contributed by atoms with Crippen molar-refractivity contribution in [2.24, 2.45) is 0 Å². The lowest BCUT2D eigenvalue weighted by Crippen LogP contribution is -2.45. The van der Waals surface area contributed by atoms with Crippen LogP contribution in [-0.4, -0.2) is 17.2 Å². The van der Waals surface area contributed by atoms with Crippen LogP contribution in [0.25, 0.3) is 0 Å². The summed E-state index contributed by atoms with van der Waals surface area (Å²) in [5, 5.41) is 13.8. The molecule has 0 unspecified atom stereocenters. The zero-order valence-corrected chi connectivity index (χ0v) is 10.9. The molecule has 1 heterocycles. The number of hydrogen-bond acceptors (Lipinski definition) is 2. The van der Waals surface area contributed by atoms with E-state index in [1.54, 1.807) is 12.1 Å². The van der Waals surface area contributed by atoms with Crippen molar-refractivity contribution < 1.29 is 9.50 Å². The second kappa shape index (κ2) is 6.30. The topological polar surface area (TPSA) is 32.3 Å². The zero-order valence-electron chi connectivity index (χ0n) is 10.9. The summed E-state index contributed by atoms with van der Waals surface area (Å²) >= 11 is 0. The van der Waals surface area contributed by atoms with Gasteiger partial charge in [0.15, 0.2) is 0 Å². The van der Waals surface area contributed by atoms with Gasteiger partial charge >= 0.3 is 0 Å². The van der Waals surface area contributed by atoms with E-state index < -0.39 is 6.10 Å². The summed E-state index contributed by atoms with van der Waals surface area (Å²) < 4.78 is 13.2. The summed E-state index contributed by atoms with van der Waals surface area (Å²) in [5.41, 5.74) is 0.671. The van der Waals surface area contributed by atoms with Gasteiger partial charge in [0.25, 0.3) is 0 Å². The number of benzene rings is 1. The molecule has 1 aromatic rings. The molecule has 1 fully saturated rings. The maximum atomic E-state index is 13.2. The molecule has 100 valence electrons. The Labute approximate surface area is 108 Å². The van der Waals surface area contributed by atoms with Gasteiger partial charge in [0.1, 0.15) is 5.82 Å². The summed E-state index contributed by atoms with van der Waals surface area (Å²) in [5.74, 6) is -0.285. The SMILES string of the molecule is CCC[C@H]1CCC[C@@H]([C@H](O)c2cccc(F)c2)N1. The van der Waals surface area contributed by atoms with Gasteiger partial charge in [-0.1, -0.05) is 31.9 Å². The first kappa shape index (κ1) is 13.5. The van der Waals surface area contributed by atoms with Crippen LogP contribution >= 0.6 is 0 Å². The largest absolute Gasteiger partial charge is 0.387 e. The molecule has 2 rings (SSSR count). The minimum absolute atomic E-state index is 0.0529. The zero-order chi connectivity index (χ0) is 13.0. The Balaban J connectivity index is 2.02. The fourth-order valence-corrected chi connectivity index (χ4v) is 2.80. The van der Waals surface area contributed by atoms with E-state index in [4.69, 9.17) is 0 Å². The number of piperidine rings is 1. The molecular formula is C15H22FNO. The van der Waals surface area contributed by atoms with Crippen LogP contribution in [-0.2, 0) is 0 Å². The maximum Gasteiger partial charge on any atom is 0.123 e. The van der Waals surface area contributed by atoms with E-state index in [1.165, 1.54) is 18.6 Å². The standard InChI is InChI=1S/C15H22FNO/c1-2-5-13-8-4-9-14(17-13)15(18)11-6-3-7-12(16)10-11/h3,6-7,10,13-15,17-18H,2,4-5,8-9H2,1H3/t13-,14-,15+/m0/s1. The Kier molecular flexibility index (Phi) is 4.72. The molecule has 3 heteroatoms. The third-order valence-electron chi connectivity index (χ3n) is 3.73. The number of aliphatic hydroxyl groups is 1. The quantitative estimate of drug-likeness (QED) is 0.861. The highest BCUT2D eigenvalue weighted by Crippen LogP contribution is 2.26. The van der Waals surface area contributed by atoms with Crippen LogP contribution in [0.15, 0.2) is 24.3 Å². The number of nitrogens with one attached hydrogen (secondary N) is 1. The molecule has 1 aliphatic heterocycles. The van der Waals surface area contributed by atoms with Gasteiger partial charge in [-0.2, -0.15) is 0 Å². The first-order chi connectivity index (χ1) is 8.70. The number of rotatable bonds is 4. The van der Waals surface area contributed by atoms with Gasteiger partial charge in [0.05, 0.1) is 6.10 Å². The van der Waals surface area contributed by atoms with E-state index in [2.05, 4.69) is 12.2 Å².